The zero-order valence-corrected chi connectivity index (χ0v) is 12.4. The molecular weight excluding hydrogens is 212 g/mol. The van der Waals surface area contributed by atoms with E-state index in [9.17, 15) is 4.79 Å². The molecule has 0 aromatic carbocycles. The van der Waals surface area contributed by atoms with E-state index in [1.165, 1.54) is 0 Å². The smallest absolute Gasteiger partial charge is 0.236 e. The number of nitrogens with one attached hydrogen (secondary N) is 1. The van der Waals surface area contributed by atoms with Crippen molar-refractivity contribution in [1.29, 1.82) is 0 Å². The molecule has 1 amide bonds. The number of hydrogen-bond acceptors (Lipinski definition) is 2. The van der Waals surface area contributed by atoms with E-state index in [2.05, 4.69) is 46.9 Å². The third-order valence-corrected chi connectivity index (χ3v) is 2.74. The number of carbonyl (C=O) groups excluding carboxylic acids is 1. The fourth-order valence-electron chi connectivity index (χ4n) is 1.68. The van der Waals surface area contributed by atoms with Crippen LogP contribution in [0.15, 0.2) is 0 Å². The van der Waals surface area contributed by atoms with Crippen LogP contribution < -0.4 is 5.32 Å². The lowest BCUT2D eigenvalue weighted by Gasteiger charge is -2.27. The molecule has 0 rings (SSSR count). The van der Waals surface area contributed by atoms with Crippen LogP contribution in [0.25, 0.3) is 0 Å². The second kappa shape index (κ2) is 8.51. The molecule has 17 heavy (non-hydrogen) atoms. The van der Waals surface area contributed by atoms with Crippen molar-refractivity contribution in [2.45, 2.75) is 54.0 Å². The Hall–Kier alpha value is -0.570. The molecule has 0 radical (unpaired) electrons. The van der Waals surface area contributed by atoms with Gasteiger partial charge < -0.3 is 10.2 Å². The molecule has 3 heteroatoms. The van der Waals surface area contributed by atoms with Gasteiger partial charge in [-0.2, -0.15) is 0 Å². The quantitative estimate of drug-likeness (QED) is 0.709. The first-order valence-electron chi connectivity index (χ1n) is 6.87. The summed E-state index contributed by atoms with van der Waals surface area (Å²) in [5.41, 5.74) is 0. The minimum absolute atomic E-state index is 0.229. The van der Waals surface area contributed by atoms with E-state index < -0.39 is 0 Å². The first-order chi connectivity index (χ1) is 7.86. The third-order valence-electron chi connectivity index (χ3n) is 2.74. The number of rotatable bonds is 8. The summed E-state index contributed by atoms with van der Waals surface area (Å²) in [5.74, 6) is 1.29. The van der Waals surface area contributed by atoms with Crippen molar-refractivity contribution in [3.63, 3.8) is 0 Å². The Morgan fingerprint density at radius 2 is 1.53 bits per heavy atom. The van der Waals surface area contributed by atoms with Crippen molar-refractivity contribution in [1.82, 2.24) is 10.2 Å². The molecule has 1 unspecified atom stereocenters. The van der Waals surface area contributed by atoms with E-state index in [-0.39, 0.29) is 5.91 Å². The lowest BCUT2D eigenvalue weighted by molar-refractivity contribution is -0.131. The van der Waals surface area contributed by atoms with Gasteiger partial charge in [-0.1, -0.05) is 34.6 Å². The summed E-state index contributed by atoms with van der Waals surface area (Å²) in [6.45, 7) is 15.0. The third kappa shape index (κ3) is 8.19. The molecule has 0 aliphatic heterocycles. The van der Waals surface area contributed by atoms with Crippen LogP contribution in [0.3, 0.4) is 0 Å². The van der Waals surface area contributed by atoms with Crippen LogP contribution in [0, 0.1) is 11.8 Å². The maximum atomic E-state index is 12.1. The zero-order valence-electron chi connectivity index (χ0n) is 12.4. The summed E-state index contributed by atoms with van der Waals surface area (Å²) in [4.78, 5) is 14.1. The SMILES string of the molecule is CCC(C)NCC(=O)N(CC(C)C)CC(C)C. The Morgan fingerprint density at radius 3 is 1.88 bits per heavy atom. The van der Waals surface area contributed by atoms with Crippen LogP contribution in [-0.2, 0) is 4.79 Å². The van der Waals surface area contributed by atoms with Crippen LogP contribution >= 0.6 is 0 Å². The minimum Gasteiger partial charge on any atom is -0.341 e. The second-order valence-corrected chi connectivity index (χ2v) is 5.78. The molecule has 102 valence electrons. The molecule has 0 aliphatic rings. The van der Waals surface area contributed by atoms with E-state index in [4.69, 9.17) is 0 Å². The summed E-state index contributed by atoms with van der Waals surface area (Å²) in [5, 5.41) is 3.27. The predicted octanol–water partition coefficient (Wildman–Crippen LogP) is 2.52. The van der Waals surface area contributed by atoms with E-state index >= 15 is 0 Å². The van der Waals surface area contributed by atoms with Crippen molar-refractivity contribution >= 4 is 5.91 Å². The van der Waals surface area contributed by atoms with Crippen molar-refractivity contribution in [3.8, 4) is 0 Å². The van der Waals surface area contributed by atoms with E-state index in [0.29, 0.717) is 24.4 Å². The van der Waals surface area contributed by atoms with Gasteiger partial charge in [-0.3, -0.25) is 4.79 Å². The lowest BCUT2D eigenvalue weighted by Crippen LogP contribution is -2.43. The Kier molecular flexibility index (Phi) is 8.23. The molecule has 1 N–H and O–H groups in total. The molecule has 0 bridgehead atoms. The second-order valence-electron chi connectivity index (χ2n) is 5.78. The number of nitrogens with zero attached hydrogens (tertiary/aromatic N) is 1. The van der Waals surface area contributed by atoms with Gasteiger partial charge in [0.15, 0.2) is 0 Å². The number of amides is 1. The van der Waals surface area contributed by atoms with Crippen molar-refractivity contribution in [2.75, 3.05) is 19.6 Å². The molecule has 0 aromatic heterocycles. The molecule has 0 fully saturated rings. The minimum atomic E-state index is 0.229. The van der Waals surface area contributed by atoms with Crippen LogP contribution in [0.5, 0.6) is 0 Å². The van der Waals surface area contributed by atoms with E-state index in [0.717, 1.165) is 19.5 Å². The van der Waals surface area contributed by atoms with Gasteiger partial charge in [-0.15, -0.1) is 0 Å². The highest BCUT2D eigenvalue weighted by Crippen LogP contribution is 2.04. The standard InChI is InChI=1S/C14H30N2O/c1-7-13(6)15-8-14(17)16(9-11(2)3)10-12(4)5/h11-13,15H,7-10H2,1-6H3. The summed E-state index contributed by atoms with van der Waals surface area (Å²) in [6.07, 6.45) is 1.06. The van der Waals surface area contributed by atoms with Gasteiger partial charge in [0, 0.05) is 19.1 Å². The normalized spacial score (nSPS) is 13.2. The topological polar surface area (TPSA) is 32.3 Å². The fraction of sp³-hybridized carbons (Fsp3) is 0.929. The number of hydrogen-bond donors (Lipinski definition) is 1. The van der Waals surface area contributed by atoms with Gasteiger partial charge in [0.25, 0.3) is 0 Å². The van der Waals surface area contributed by atoms with Crippen molar-refractivity contribution in [2.24, 2.45) is 11.8 Å². The van der Waals surface area contributed by atoms with Gasteiger partial charge in [0.2, 0.25) is 5.91 Å². The van der Waals surface area contributed by atoms with Gasteiger partial charge in [0.1, 0.15) is 0 Å². The van der Waals surface area contributed by atoms with Gasteiger partial charge >= 0.3 is 0 Å². The molecule has 1 atom stereocenters. The molecule has 0 spiro atoms. The predicted molar refractivity (Wildman–Crippen MR) is 74.0 cm³/mol. The largest absolute Gasteiger partial charge is 0.341 e. The Morgan fingerprint density at radius 1 is 1.06 bits per heavy atom. The Labute approximate surface area is 107 Å². The van der Waals surface area contributed by atoms with Crippen molar-refractivity contribution < 1.29 is 4.79 Å². The van der Waals surface area contributed by atoms with Gasteiger partial charge in [-0.05, 0) is 25.2 Å². The summed E-state index contributed by atoms with van der Waals surface area (Å²) < 4.78 is 0. The summed E-state index contributed by atoms with van der Waals surface area (Å²) in [6, 6.07) is 0.416. The fourth-order valence-corrected chi connectivity index (χ4v) is 1.68. The summed E-state index contributed by atoms with van der Waals surface area (Å²) >= 11 is 0. The zero-order chi connectivity index (χ0) is 13.4. The molecule has 0 saturated heterocycles. The highest BCUT2D eigenvalue weighted by molar-refractivity contribution is 5.78. The van der Waals surface area contributed by atoms with Crippen LogP contribution in [0.2, 0.25) is 0 Å². The number of carbonyl (C=O) groups is 1. The maximum absolute atomic E-state index is 12.1. The molecule has 0 aromatic rings. The molecule has 0 saturated carbocycles. The first-order valence-corrected chi connectivity index (χ1v) is 6.87. The lowest BCUT2D eigenvalue weighted by atomic mass is 10.1. The summed E-state index contributed by atoms with van der Waals surface area (Å²) in [7, 11) is 0. The monoisotopic (exact) mass is 242 g/mol. The molecule has 0 heterocycles. The highest BCUT2D eigenvalue weighted by atomic mass is 16.2. The highest BCUT2D eigenvalue weighted by Gasteiger charge is 2.16. The Balaban J connectivity index is 4.21. The van der Waals surface area contributed by atoms with E-state index in [1.807, 2.05) is 4.90 Å². The van der Waals surface area contributed by atoms with Gasteiger partial charge in [-0.25, -0.2) is 0 Å². The average Bonchev–Trinajstić information content (AvgIpc) is 2.23. The van der Waals surface area contributed by atoms with Crippen LogP contribution in [0.4, 0.5) is 0 Å². The Bertz CT molecular complexity index is 204. The maximum Gasteiger partial charge on any atom is 0.236 e. The van der Waals surface area contributed by atoms with Crippen LogP contribution in [-0.4, -0.2) is 36.5 Å². The molecule has 0 aliphatic carbocycles. The first kappa shape index (κ1) is 16.4. The molecular formula is C14H30N2O. The van der Waals surface area contributed by atoms with Gasteiger partial charge in [0.05, 0.1) is 6.54 Å². The molecule has 3 nitrogen and oxygen atoms in total. The average molecular weight is 242 g/mol. The van der Waals surface area contributed by atoms with Crippen LogP contribution in [0.1, 0.15) is 48.0 Å². The van der Waals surface area contributed by atoms with Crippen molar-refractivity contribution in [3.05, 3.63) is 0 Å². The van der Waals surface area contributed by atoms with E-state index in [1.54, 1.807) is 0 Å².